The summed E-state index contributed by atoms with van der Waals surface area (Å²) in [5, 5.41) is 7.92. The molecule has 0 unspecified atom stereocenters. The monoisotopic (exact) mass is 244 g/mol. The smallest absolute Gasteiger partial charge is 0.251 e. The number of rotatable bonds is 2. The minimum Gasteiger partial charge on any atom is -0.355 e. The van der Waals surface area contributed by atoms with Crippen molar-refractivity contribution >= 4 is 16.9 Å². The third-order valence-corrected chi connectivity index (χ3v) is 3.46. The van der Waals surface area contributed by atoms with E-state index in [1.807, 2.05) is 20.0 Å². The first-order valence-corrected chi connectivity index (χ1v) is 6.18. The Morgan fingerprint density at radius 2 is 2.22 bits per heavy atom. The number of carbonyl (C=O) groups is 1. The molecule has 0 aliphatic heterocycles. The van der Waals surface area contributed by atoms with Gasteiger partial charge in [0.15, 0.2) is 5.65 Å². The molecule has 18 heavy (non-hydrogen) atoms. The fraction of sp³-hybridized carbons (Fsp3) is 0.462. The summed E-state index contributed by atoms with van der Waals surface area (Å²) in [6, 6.07) is 1.92. The SMILES string of the molecule is CNC(=O)c1cc(C2CC2)nc2c1c(C)nn2C. The second-order valence-electron chi connectivity index (χ2n) is 4.86. The van der Waals surface area contributed by atoms with E-state index in [0.29, 0.717) is 11.5 Å². The molecule has 0 atom stereocenters. The number of aromatic nitrogens is 3. The molecular formula is C13H16N4O. The lowest BCUT2D eigenvalue weighted by molar-refractivity contribution is 0.0964. The van der Waals surface area contributed by atoms with E-state index >= 15 is 0 Å². The van der Waals surface area contributed by atoms with Crippen LogP contribution in [0, 0.1) is 6.92 Å². The van der Waals surface area contributed by atoms with E-state index in [4.69, 9.17) is 0 Å². The van der Waals surface area contributed by atoms with Crippen molar-refractivity contribution < 1.29 is 4.79 Å². The maximum Gasteiger partial charge on any atom is 0.251 e. The van der Waals surface area contributed by atoms with Crippen LogP contribution in [0.5, 0.6) is 0 Å². The molecule has 1 amide bonds. The van der Waals surface area contributed by atoms with Crippen LogP contribution >= 0.6 is 0 Å². The molecule has 0 saturated heterocycles. The summed E-state index contributed by atoms with van der Waals surface area (Å²) in [5.74, 6) is 0.452. The molecule has 1 fully saturated rings. The summed E-state index contributed by atoms with van der Waals surface area (Å²) >= 11 is 0. The molecule has 1 aliphatic rings. The van der Waals surface area contributed by atoms with Gasteiger partial charge in [-0.25, -0.2) is 4.98 Å². The van der Waals surface area contributed by atoms with Gasteiger partial charge in [0.05, 0.1) is 16.6 Å². The number of nitrogens with zero attached hydrogens (tertiary/aromatic N) is 3. The molecule has 5 heteroatoms. The highest BCUT2D eigenvalue weighted by Crippen LogP contribution is 2.40. The first-order valence-electron chi connectivity index (χ1n) is 6.18. The number of carbonyl (C=O) groups excluding carboxylic acids is 1. The molecule has 0 spiro atoms. The van der Waals surface area contributed by atoms with E-state index in [1.54, 1.807) is 11.7 Å². The van der Waals surface area contributed by atoms with Crippen LogP contribution in [-0.4, -0.2) is 27.7 Å². The van der Waals surface area contributed by atoms with Gasteiger partial charge in [0.1, 0.15) is 0 Å². The number of fused-ring (bicyclic) bond motifs is 1. The highest BCUT2D eigenvalue weighted by molar-refractivity contribution is 6.06. The molecule has 3 rings (SSSR count). The highest BCUT2D eigenvalue weighted by atomic mass is 16.1. The predicted molar refractivity (Wildman–Crippen MR) is 68.6 cm³/mol. The largest absolute Gasteiger partial charge is 0.355 e. The van der Waals surface area contributed by atoms with Crippen LogP contribution in [0.3, 0.4) is 0 Å². The Balaban J connectivity index is 2.32. The van der Waals surface area contributed by atoms with Gasteiger partial charge in [0.25, 0.3) is 5.91 Å². The van der Waals surface area contributed by atoms with Gasteiger partial charge < -0.3 is 5.32 Å². The first kappa shape index (κ1) is 11.2. The molecule has 1 N–H and O–H groups in total. The summed E-state index contributed by atoms with van der Waals surface area (Å²) in [6.07, 6.45) is 2.34. The quantitative estimate of drug-likeness (QED) is 0.871. The van der Waals surface area contributed by atoms with Gasteiger partial charge in [-0.05, 0) is 25.8 Å². The van der Waals surface area contributed by atoms with Gasteiger partial charge in [-0.15, -0.1) is 0 Å². The summed E-state index contributed by atoms with van der Waals surface area (Å²) in [7, 11) is 3.52. The van der Waals surface area contributed by atoms with Crippen LogP contribution < -0.4 is 5.32 Å². The van der Waals surface area contributed by atoms with Crippen LogP contribution in [0.25, 0.3) is 11.0 Å². The van der Waals surface area contributed by atoms with E-state index in [9.17, 15) is 4.79 Å². The number of hydrogen-bond acceptors (Lipinski definition) is 3. The Hall–Kier alpha value is -1.91. The predicted octanol–water partition coefficient (Wildman–Crippen LogP) is 1.51. The van der Waals surface area contributed by atoms with Crippen LogP contribution in [0.1, 0.15) is 40.5 Å². The molecule has 2 heterocycles. The van der Waals surface area contributed by atoms with Crippen molar-refractivity contribution in [3.63, 3.8) is 0 Å². The molecule has 1 aliphatic carbocycles. The normalized spacial score (nSPS) is 15.1. The number of amides is 1. The second kappa shape index (κ2) is 3.80. The topological polar surface area (TPSA) is 59.8 Å². The first-order chi connectivity index (χ1) is 8.61. The van der Waals surface area contributed by atoms with Crippen LogP contribution in [0.2, 0.25) is 0 Å². The Kier molecular flexibility index (Phi) is 2.36. The van der Waals surface area contributed by atoms with Gasteiger partial charge in [-0.3, -0.25) is 9.48 Å². The molecule has 0 bridgehead atoms. The van der Waals surface area contributed by atoms with Crippen molar-refractivity contribution in [2.24, 2.45) is 7.05 Å². The minimum atomic E-state index is -0.0691. The highest BCUT2D eigenvalue weighted by Gasteiger charge is 2.28. The Labute approximate surface area is 105 Å². The second-order valence-corrected chi connectivity index (χ2v) is 4.86. The standard InChI is InChI=1S/C13H16N4O/c1-7-11-9(13(18)14-2)6-10(8-4-5-8)15-12(11)17(3)16-7/h6,8H,4-5H2,1-3H3,(H,14,18). The van der Waals surface area contributed by atoms with Gasteiger partial charge >= 0.3 is 0 Å². The lowest BCUT2D eigenvalue weighted by atomic mass is 10.1. The molecule has 2 aromatic heterocycles. The number of aryl methyl sites for hydroxylation is 2. The maximum atomic E-state index is 12.0. The van der Waals surface area contributed by atoms with Crippen molar-refractivity contribution in [3.8, 4) is 0 Å². The summed E-state index contributed by atoms with van der Waals surface area (Å²) < 4.78 is 1.75. The van der Waals surface area contributed by atoms with Gasteiger partial charge in [0, 0.05) is 25.7 Å². The zero-order valence-corrected chi connectivity index (χ0v) is 10.8. The Bertz CT molecular complexity index is 640. The molecule has 0 radical (unpaired) electrons. The number of pyridine rings is 1. The van der Waals surface area contributed by atoms with E-state index in [0.717, 1.165) is 22.4 Å². The van der Waals surface area contributed by atoms with Crippen LogP contribution in [0.4, 0.5) is 0 Å². The van der Waals surface area contributed by atoms with Crippen molar-refractivity contribution in [1.29, 1.82) is 0 Å². The van der Waals surface area contributed by atoms with E-state index in [-0.39, 0.29) is 5.91 Å². The third-order valence-electron chi connectivity index (χ3n) is 3.46. The maximum absolute atomic E-state index is 12.0. The Morgan fingerprint density at radius 1 is 1.50 bits per heavy atom. The van der Waals surface area contributed by atoms with Gasteiger partial charge in [-0.2, -0.15) is 5.10 Å². The molecule has 0 aromatic carbocycles. The van der Waals surface area contributed by atoms with Crippen molar-refractivity contribution in [1.82, 2.24) is 20.1 Å². The summed E-state index contributed by atoms with van der Waals surface area (Å²) in [6.45, 7) is 1.91. The molecule has 94 valence electrons. The van der Waals surface area contributed by atoms with E-state index in [2.05, 4.69) is 15.4 Å². The fourth-order valence-corrected chi connectivity index (χ4v) is 2.37. The average Bonchev–Trinajstić information content (AvgIpc) is 3.16. The van der Waals surface area contributed by atoms with Gasteiger partial charge in [0.2, 0.25) is 0 Å². The summed E-state index contributed by atoms with van der Waals surface area (Å²) in [5.41, 5.74) is 3.36. The molecule has 5 nitrogen and oxygen atoms in total. The minimum absolute atomic E-state index is 0.0691. The molecular weight excluding hydrogens is 228 g/mol. The van der Waals surface area contributed by atoms with E-state index in [1.165, 1.54) is 12.8 Å². The molecule has 2 aromatic rings. The summed E-state index contributed by atoms with van der Waals surface area (Å²) in [4.78, 5) is 16.7. The number of nitrogens with one attached hydrogen (secondary N) is 1. The lowest BCUT2D eigenvalue weighted by Gasteiger charge is -2.06. The van der Waals surface area contributed by atoms with E-state index < -0.39 is 0 Å². The van der Waals surface area contributed by atoms with Crippen molar-refractivity contribution in [2.45, 2.75) is 25.7 Å². The third kappa shape index (κ3) is 1.58. The fourth-order valence-electron chi connectivity index (χ4n) is 2.37. The van der Waals surface area contributed by atoms with Crippen molar-refractivity contribution in [2.75, 3.05) is 7.05 Å². The molecule has 1 saturated carbocycles. The van der Waals surface area contributed by atoms with Crippen LogP contribution in [0.15, 0.2) is 6.07 Å². The van der Waals surface area contributed by atoms with Crippen LogP contribution in [-0.2, 0) is 7.05 Å². The average molecular weight is 244 g/mol. The lowest BCUT2D eigenvalue weighted by Crippen LogP contribution is -2.18. The van der Waals surface area contributed by atoms with Gasteiger partial charge in [-0.1, -0.05) is 0 Å². The Morgan fingerprint density at radius 3 is 2.83 bits per heavy atom. The number of hydrogen-bond donors (Lipinski definition) is 1. The van der Waals surface area contributed by atoms with Crippen molar-refractivity contribution in [3.05, 3.63) is 23.0 Å². The zero-order valence-electron chi connectivity index (χ0n) is 10.8. The zero-order chi connectivity index (χ0) is 12.9.